The third kappa shape index (κ3) is 10.6. The molecule has 0 saturated carbocycles. The number of carbonyl (C=O) groups excluding carboxylic acids is 2. The average Bonchev–Trinajstić information content (AvgIpc) is 3.19. The maximum Gasteiger partial charge on any atom is 0.256 e. The molecule has 0 bridgehead atoms. The molecular formula is C41H47ClFN3O4. The third-order valence-corrected chi connectivity index (χ3v) is 8.67. The van der Waals surface area contributed by atoms with E-state index in [4.69, 9.17) is 21.1 Å². The second kappa shape index (κ2) is 17.6. The lowest BCUT2D eigenvalue weighted by Gasteiger charge is -2.31. The van der Waals surface area contributed by atoms with Crippen molar-refractivity contribution in [1.82, 2.24) is 10.6 Å². The van der Waals surface area contributed by atoms with Gasteiger partial charge in [0.15, 0.2) is 0 Å². The Morgan fingerprint density at radius 3 is 2.48 bits per heavy atom. The number of rotatable bonds is 15. The van der Waals surface area contributed by atoms with Gasteiger partial charge in [-0.05, 0) is 85.3 Å². The van der Waals surface area contributed by atoms with Gasteiger partial charge in [0.25, 0.3) is 5.91 Å². The van der Waals surface area contributed by atoms with E-state index in [-0.39, 0.29) is 24.3 Å². The van der Waals surface area contributed by atoms with E-state index < -0.39 is 23.9 Å². The number of hydrogen-bond donors (Lipinski definition) is 2. The average molecular weight is 700 g/mol. The molecule has 2 amide bonds. The number of carbonyl (C=O) groups is 2. The Kier molecular flexibility index (Phi) is 13.0. The Bertz CT molecular complexity index is 1730. The molecule has 7 nitrogen and oxygen atoms in total. The fraction of sp³-hybridized carbons (Fsp3) is 0.366. The first kappa shape index (κ1) is 37.0. The zero-order valence-electron chi connectivity index (χ0n) is 29.1. The summed E-state index contributed by atoms with van der Waals surface area (Å²) in [7, 11) is 0. The second-order valence-electron chi connectivity index (χ2n) is 13.9. The Labute approximate surface area is 300 Å². The van der Waals surface area contributed by atoms with Gasteiger partial charge in [-0.25, -0.2) is 4.39 Å². The molecule has 0 saturated heterocycles. The Balaban J connectivity index is 1.29. The summed E-state index contributed by atoms with van der Waals surface area (Å²) in [6, 6.07) is 29.8. The Morgan fingerprint density at radius 2 is 1.70 bits per heavy atom. The highest BCUT2D eigenvalue weighted by Gasteiger charge is 2.39. The number of benzene rings is 4. The van der Waals surface area contributed by atoms with Gasteiger partial charge < -0.3 is 25.0 Å². The van der Waals surface area contributed by atoms with Gasteiger partial charge in [0.1, 0.15) is 23.8 Å². The maximum absolute atomic E-state index is 14.2. The van der Waals surface area contributed by atoms with E-state index in [1.54, 1.807) is 29.2 Å². The van der Waals surface area contributed by atoms with E-state index in [0.29, 0.717) is 35.2 Å². The molecule has 2 N–H and O–H groups in total. The summed E-state index contributed by atoms with van der Waals surface area (Å²) in [4.78, 5) is 29.2. The van der Waals surface area contributed by atoms with E-state index >= 15 is 0 Å². The molecular weight excluding hydrogens is 653 g/mol. The van der Waals surface area contributed by atoms with Crippen molar-refractivity contribution in [3.8, 4) is 5.75 Å². The van der Waals surface area contributed by atoms with Gasteiger partial charge in [0, 0.05) is 34.9 Å². The van der Waals surface area contributed by atoms with E-state index in [1.807, 2.05) is 42.5 Å². The normalized spacial score (nSPS) is 16.1. The lowest BCUT2D eigenvalue weighted by atomic mass is 9.94. The lowest BCUT2D eigenvalue weighted by Crippen LogP contribution is -2.45. The van der Waals surface area contributed by atoms with Gasteiger partial charge in [-0.2, -0.15) is 0 Å². The molecule has 9 heteroatoms. The number of fused-ring (bicyclic) bond motifs is 1. The molecule has 1 aliphatic rings. The molecule has 0 radical (unpaired) electrons. The summed E-state index contributed by atoms with van der Waals surface area (Å²) < 4.78 is 27.0. The summed E-state index contributed by atoms with van der Waals surface area (Å²) in [5.41, 5.74) is 3.63. The predicted molar refractivity (Wildman–Crippen MR) is 197 cm³/mol. The summed E-state index contributed by atoms with van der Waals surface area (Å²) in [6.07, 6.45) is 0.912. The van der Waals surface area contributed by atoms with Crippen molar-refractivity contribution in [1.29, 1.82) is 0 Å². The van der Waals surface area contributed by atoms with Crippen LogP contribution in [0.4, 0.5) is 10.1 Å². The smallest absolute Gasteiger partial charge is 0.256 e. The van der Waals surface area contributed by atoms with Crippen molar-refractivity contribution in [2.24, 2.45) is 5.41 Å². The van der Waals surface area contributed by atoms with Crippen molar-refractivity contribution in [3.05, 3.63) is 130 Å². The van der Waals surface area contributed by atoms with Crippen LogP contribution in [0.2, 0.25) is 5.02 Å². The van der Waals surface area contributed by atoms with Crippen LogP contribution in [0.15, 0.2) is 97.1 Å². The molecule has 1 aliphatic heterocycles. The Morgan fingerprint density at radius 1 is 0.940 bits per heavy atom. The van der Waals surface area contributed by atoms with Gasteiger partial charge >= 0.3 is 0 Å². The second-order valence-corrected chi connectivity index (χ2v) is 14.3. The van der Waals surface area contributed by atoms with Crippen LogP contribution in [0, 0.1) is 11.2 Å². The first-order valence-electron chi connectivity index (χ1n) is 17.3. The van der Waals surface area contributed by atoms with Gasteiger partial charge in [0.2, 0.25) is 5.91 Å². The largest absolute Gasteiger partial charge is 0.494 e. The lowest BCUT2D eigenvalue weighted by molar-refractivity contribution is -0.138. The van der Waals surface area contributed by atoms with Crippen molar-refractivity contribution in [2.75, 3.05) is 31.1 Å². The molecule has 0 aromatic heterocycles. The van der Waals surface area contributed by atoms with Crippen LogP contribution in [0.25, 0.3) is 0 Å². The monoisotopic (exact) mass is 699 g/mol. The minimum Gasteiger partial charge on any atom is -0.494 e. The van der Waals surface area contributed by atoms with Crippen LogP contribution in [0.5, 0.6) is 5.75 Å². The standard InChI is InChI=1S/C41H47ClFN3O4/c1-41(2,3)28-46-36-20-19-32(42)25-34(36)39(50-37(40(46)48)26-38(47)45-27-31-15-7-8-18-35(31)43)30-16-9-17-33(24-30)49-23-11-22-44-21-10-14-29-12-5-4-6-13-29/h4-9,12-13,15-20,24-25,37,39,44H,10-11,14,21-23,26-28H2,1-3H3,(H,45,47). The summed E-state index contributed by atoms with van der Waals surface area (Å²) in [6.45, 7) is 8.87. The first-order chi connectivity index (χ1) is 24.1. The molecule has 5 rings (SSSR count). The van der Waals surface area contributed by atoms with Crippen LogP contribution >= 0.6 is 11.6 Å². The fourth-order valence-electron chi connectivity index (χ4n) is 6.02. The maximum atomic E-state index is 14.2. The van der Waals surface area contributed by atoms with Crippen LogP contribution in [-0.2, 0) is 27.3 Å². The molecule has 1 heterocycles. The molecule has 2 unspecified atom stereocenters. The quantitative estimate of drug-likeness (QED) is 0.123. The highest BCUT2D eigenvalue weighted by molar-refractivity contribution is 6.30. The van der Waals surface area contributed by atoms with Crippen LogP contribution in [0.3, 0.4) is 0 Å². The Hall–Kier alpha value is -4.24. The highest BCUT2D eigenvalue weighted by atomic mass is 35.5. The van der Waals surface area contributed by atoms with E-state index in [0.717, 1.165) is 43.5 Å². The van der Waals surface area contributed by atoms with E-state index in [9.17, 15) is 14.0 Å². The number of aryl methyl sites for hydroxylation is 1. The van der Waals surface area contributed by atoms with E-state index in [2.05, 4.69) is 55.7 Å². The van der Waals surface area contributed by atoms with Crippen molar-refractivity contribution in [3.63, 3.8) is 0 Å². The highest BCUT2D eigenvalue weighted by Crippen LogP contribution is 2.41. The molecule has 0 spiro atoms. The summed E-state index contributed by atoms with van der Waals surface area (Å²) in [5.74, 6) is -0.470. The predicted octanol–water partition coefficient (Wildman–Crippen LogP) is 8.04. The number of hydrogen-bond acceptors (Lipinski definition) is 5. The first-order valence-corrected chi connectivity index (χ1v) is 17.7. The molecule has 50 heavy (non-hydrogen) atoms. The third-order valence-electron chi connectivity index (χ3n) is 8.43. The number of nitrogens with one attached hydrogen (secondary N) is 2. The number of nitrogens with zero attached hydrogens (tertiary/aromatic N) is 1. The van der Waals surface area contributed by atoms with Crippen molar-refractivity contribution in [2.45, 2.75) is 65.2 Å². The SMILES string of the molecule is CC(C)(C)CN1C(=O)C(CC(=O)NCc2ccccc2F)OC(c2cccc(OCCCNCCCc3ccccc3)c2)c2cc(Cl)ccc21. The number of amides is 2. The van der Waals surface area contributed by atoms with Gasteiger partial charge in [0.05, 0.1) is 13.0 Å². The molecule has 4 aromatic rings. The fourth-order valence-corrected chi connectivity index (χ4v) is 6.20. The zero-order valence-corrected chi connectivity index (χ0v) is 29.8. The summed E-state index contributed by atoms with van der Waals surface area (Å²) in [5, 5.41) is 6.76. The van der Waals surface area contributed by atoms with Crippen molar-refractivity contribution >= 4 is 29.1 Å². The van der Waals surface area contributed by atoms with Gasteiger partial charge in [-0.15, -0.1) is 0 Å². The zero-order chi connectivity index (χ0) is 35.5. The molecule has 0 fully saturated rings. The van der Waals surface area contributed by atoms with Crippen LogP contribution in [0.1, 0.15) is 68.4 Å². The van der Waals surface area contributed by atoms with Gasteiger partial charge in [-0.3, -0.25) is 9.59 Å². The van der Waals surface area contributed by atoms with Crippen LogP contribution < -0.4 is 20.3 Å². The van der Waals surface area contributed by atoms with E-state index in [1.165, 1.54) is 11.6 Å². The topological polar surface area (TPSA) is 79.9 Å². The van der Waals surface area contributed by atoms with Crippen molar-refractivity contribution < 1.29 is 23.5 Å². The minimum atomic E-state index is -1.10. The molecule has 0 aliphatic carbocycles. The summed E-state index contributed by atoms with van der Waals surface area (Å²) >= 11 is 6.54. The van der Waals surface area contributed by atoms with Crippen LogP contribution in [-0.4, -0.2) is 44.2 Å². The number of halogens is 2. The van der Waals surface area contributed by atoms with Gasteiger partial charge in [-0.1, -0.05) is 93.0 Å². The number of ether oxygens (including phenoxy) is 2. The minimum absolute atomic E-state index is 0.0000235. The molecule has 4 aromatic carbocycles. The molecule has 264 valence electrons. The number of anilines is 1. The molecule has 2 atom stereocenters.